The molecule has 2 rings (SSSR count). The summed E-state index contributed by atoms with van der Waals surface area (Å²) in [7, 11) is 1.45. The van der Waals surface area contributed by atoms with Gasteiger partial charge in [0.2, 0.25) is 5.78 Å². The first-order valence-electron chi connectivity index (χ1n) is 8.88. The fraction of sp³-hybridized carbons (Fsp3) is 0.350. The number of fused-ring (bicyclic) bond motifs is 1. The highest BCUT2D eigenvalue weighted by molar-refractivity contribution is 6.36. The molecule has 0 aliphatic heterocycles. The molecule has 0 unspecified atom stereocenters. The van der Waals surface area contributed by atoms with Crippen molar-refractivity contribution in [2.75, 3.05) is 18.9 Å². The number of unbranched alkanes of at least 4 members (excludes halogenated alkanes) is 3. The largest absolute Gasteiger partial charge is 0.353 e. The Hall–Kier alpha value is -2.89. The molecule has 6 nitrogen and oxygen atoms in total. The van der Waals surface area contributed by atoms with E-state index in [1.165, 1.54) is 7.05 Å². The third-order valence-electron chi connectivity index (χ3n) is 4.10. The van der Waals surface area contributed by atoms with Crippen LogP contribution in [-0.4, -0.2) is 31.3 Å². The number of hydrogen-bond donors (Lipinski definition) is 3. The molecule has 2 aromatic rings. The third kappa shape index (κ3) is 6.20. The highest BCUT2D eigenvalue weighted by Crippen LogP contribution is 2.18. The molecule has 0 aliphatic rings. The van der Waals surface area contributed by atoms with Gasteiger partial charge in [-0.25, -0.2) is 4.79 Å². The summed E-state index contributed by atoms with van der Waals surface area (Å²) in [6.45, 7) is 0.572. The van der Waals surface area contributed by atoms with Gasteiger partial charge in [-0.1, -0.05) is 43.2 Å². The summed E-state index contributed by atoms with van der Waals surface area (Å²) in [5.74, 6) is -0.905. The van der Waals surface area contributed by atoms with E-state index in [9.17, 15) is 14.4 Å². The molecule has 0 heterocycles. The predicted molar refractivity (Wildman–Crippen MR) is 103 cm³/mol. The molecule has 6 heteroatoms. The minimum atomic E-state index is -0.531. The normalized spacial score (nSPS) is 10.3. The average Bonchev–Trinajstić information content (AvgIpc) is 2.66. The summed E-state index contributed by atoms with van der Waals surface area (Å²) >= 11 is 0. The van der Waals surface area contributed by atoms with Gasteiger partial charge in [0.05, 0.1) is 0 Å². The first-order chi connectivity index (χ1) is 12.6. The Morgan fingerprint density at radius 3 is 2.38 bits per heavy atom. The fourth-order valence-electron chi connectivity index (χ4n) is 2.66. The molecule has 0 spiro atoms. The maximum absolute atomic E-state index is 11.9. The molecular weight excluding hydrogens is 330 g/mol. The van der Waals surface area contributed by atoms with E-state index >= 15 is 0 Å². The minimum absolute atomic E-state index is 0.227. The number of ketones is 1. The molecule has 0 aromatic heterocycles. The lowest BCUT2D eigenvalue weighted by molar-refractivity contribution is -0.137. The smallest absolute Gasteiger partial charge is 0.319 e. The Labute approximate surface area is 153 Å². The Kier molecular flexibility index (Phi) is 7.61. The van der Waals surface area contributed by atoms with Crippen molar-refractivity contribution in [3.63, 3.8) is 0 Å². The standard InChI is InChI=1S/C20H25N3O3/c1-21-19(25)18(24)10-4-2-3-7-13-22-20(26)23-17-12-11-15-8-5-6-9-16(15)14-17/h5-6,8-9,11-12,14H,2-4,7,10,13H2,1H3,(H,21,25)(H2,22,23,26). The maximum atomic E-state index is 11.9. The van der Waals surface area contributed by atoms with Crippen LogP contribution < -0.4 is 16.0 Å². The van der Waals surface area contributed by atoms with Gasteiger partial charge in [-0.3, -0.25) is 9.59 Å². The molecule has 26 heavy (non-hydrogen) atoms. The summed E-state index contributed by atoms with van der Waals surface area (Å²) in [5.41, 5.74) is 0.758. The van der Waals surface area contributed by atoms with Gasteiger partial charge in [-0.05, 0) is 35.7 Å². The second kappa shape index (κ2) is 10.2. The second-order valence-corrected chi connectivity index (χ2v) is 6.11. The number of carbonyl (C=O) groups is 3. The van der Waals surface area contributed by atoms with E-state index in [0.717, 1.165) is 35.7 Å². The zero-order chi connectivity index (χ0) is 18.8. The van der Waals surface area contributed by atoms with Gasteiger partial charge in [-0.2, -0.15) is 0 Å². The van der Waals surface area contributed by atoms with E-state index in [0.29, 0.717) is 13.0 Å². The lowest BCUT2D eigenvalue weighted by Gasteiger charge is -2.08. The SMILES string of the molecule is CNC(=O)C(=O)CCCCCCNC(=O)Nc1ccc2ccccc2c1. The van der Waals surface area contributed by atoms with Crippen LogP contribution in [0.5, 0.6) is 0 Å². The van der Waals surface area contributed by atoms with Crippen LogP contribution >= 0.6 is 0 Å². The van der Waals surface area contributed by atoms with E-state index in [1.807, 2.05) is 42.5 Å². The molecule has 3 amide bonds. The van der Waals surface area contributed by atoms with E-state index in [4.69, 9.17) is 0 Å². The van der Waals surface area contributed by atoms with Crippen molar-refractivity contribution in [1.29, 1.82) is 0 Å². The number of anilines is 1. The van der Waals surface area contributed by atoms with E-state index in [2.05, 4.69) is 16.0 Å². The highest BCUT2D eigenvalue weighted by Gasteiger charge is 2.10. The van der Waals surface area contributed by atoms with E-state index in [1.54, 1.807) is 0 Å². The van der Waals surface area contributed by atoms with Gasteiger partial charge in [0.15, 0.2) is 0 Å². The lowest BCUT2D eigenvalue weighted by atomic mass is 10.1. The number of urea groups is 1. The lowest BCUT2D eigenvalue weighted by Crippen LogP contribution is -2.29. The zero-order valence-corrected chi connectivity index (χ0v) is 15.0. The minimum Gasteiger partial charge on any atom is -0.353 e. The fourth-order valence-corrected chi connectivity index (χ4v) is 2.66. The molecule has 2 aromatic carbocycles. The van der Waals surface area contributed by atoms with Crippen LogP contribution in [0.3, 0.4) is 0 Å². The molecule has 0 radical (unpaired) electrons. The number of rotatable bonds is 9. The molecule has 0 aliphatic carbocycles. The Bertz CT molecular complexity index is 774. The van der Waals surface area contributed by atoms with Crippen LogP contribution in [0.2, 0.25) is 0 Å². The molecule has 3 N–H and O–H groups in total. The van der Waals surface area contributed by atoms with Crippen LogP contribution in [-0.2, 0) is 9.59 Å². The molecular formula is C20H25N3O3. The van der Waals surface area contributed by atoms with Crippen molar-refractivity contribution >= 4 is 34.2 Å². The topological polar surface area (TPSA) is 87.3 Å². The number of carbonyl (C=O) groups excluding carboxylic acids is 3. The van der Waals surface area contributed by atoms with Crippen LogP contribution in [0.25, 0.3) is 10.8 Å². The number of Topliss-reactive ketones (excluding diaryl/α,β-unsaturated/α-hetero) is 1. The molecule has 0 bridgehead atoms. The first kappa shape index (κ1) is 19.4. The van der Waals surface area contributed by atoms with Crippen LogP contribution in [0, 0.1) is 0 Å². The van der Waals surface area contributed by atoms with Crippen LogP contribution in [0.4, 0.5) is 10.5 Å². The van der Waals surface area contributed by atoms with Gasteiger partial charge >= 0.3 is 6.03 Å². The number of benzene rings is 2. The molecule has 0 fully saturated rings. The zero-order valence-electron chi connectivity index (χ0n) is 15.0. The monoisotopic (exact) mass is 355 g/mol. The van der Waals surface area contributed by atoms with Crippen LogP contribution in [0.15, 0.2) is 42.5 Å². The average molecular weight is 355 g/mol. The van der Waals surface area contributed by atoms with E-state index < -0.39 is 5.91 Å². The summed E-state index contributed by atoms with van der Waals surface area (Å²) in [6, 6.07) is 13.6. The second-order valence-electron chi connectivity index (χ2n) is 6.11. The number of amides is 3. The molecule has 0 atom stereocenters. The van der Waals surface area contributed by atoms with Crippen molar-refractivity contribution < 1.29 is 14.4 Å². The number of nitrogens with one attached hydrogen (secondary N) is 3. The molecule has 138 valence electrons. The third-order valence-corrected chi connectivity index (χ3v) is 4.10. The Balaban J connectivity index is 1.60. The highest BCUT2D eigenvalue weighted by atomic mass is 16.2. The Morgan fingerprint density at radius 1 is 0.885 bits per heavy atom. The van der Waals surface area contributed by atoms with Gasteiger partial charge < -0.3 is 16.0 Å². The van der Waals surface area contributed by atoms with Gasteiger partial charge in [0.25, 0.3) is 5.91 Å². The summed E-state index contributed by atoms with van der Waals surface area (Å²) < 4.78 is 0. The quantitative estimate of drug-likeness (QED) is 0.477. The summed E-state index contributed by atoms with van der Waals surface area (Å²) in [5, 5.41) is 10.2. The van der Waals surface area contributed by atoms with Gasteiger partial charge in [-0.15, -0.1) is 0 Å². The molecule has 0 saturated heterocycles. The van der Waals surface area contributed by atoms with Gasteiger partial charge in [0, 0.05) is 25.7 Å². The summed E-state index contributed by atoms with van der Waals surface area (Å²) in [4.78, 5) is 34.3. The van der Waals surface area contributed by atoms with Crippen molar-refractivity contribution in [2.24, 2.45) is 0 Å². The first-order valence-corrected chi connectivity index (χ1v) is 8.88. The molecule has 0 saturated carbocycles. The maximum Gasteiger partial charge on any atom is 0.319 e. The van der Waals surface area contributed by atoms with Gasteiger partial charge in [0.1, 0.15) is 0 Å². The Morgan fingerprint density at radius 2 is 1.62 bits per heavy atom. The predicted octanol–water partition coefficient (Wildman–Crippen LogP) is 3.23. The van der Waals surface area contributed by atoms with Crippen molar-refractivity contribution in [2.45, 2.75) is 32.1 Å². The number of hydrogen-bond acceptors (Lipinski definition) is 3. The number of likely N-dealkylation sites (N-methyl/N-ethyl adjacent to an activating group) is 1. The van der Waals surface area contributed by atoms with Crippen molar-refractivity contribution in [3.8, 4) is 0 Å². The van der Waals surface area contributed by atoms with Crippen molar-refractivity contribution in [1.82, 2.24) is 10.6 Å². The summed E-state index contributed by atoms with van der Waals surface area (Å²) in [6.07, 6.45) is 3.55. The van der Waals surface area contributed by atoms with Crippen LogP contribution in [0.1, 0.15) is 32.1 Å². The van der Waals surface area contributed by atoms with E-state index in [-0.39, 0.29) is 18.2 Å². The van der Waals surface area contributed by atoms with Crippen molar-refractivity contribution in [3.05, 3.63) is 42.5 Å².